The Balaban J connectivity index is 1.69. The van der Waals surface area contributed by atoms with Crippen molar-refractivity contribution < 1.29 is 18.3 Å². The van der Waals surface area contributed by atoms with Crippen LogP contribution in [0.2, 0.25) is 5.15 Å². The molecule has 0 radical (unpaired) electrons. The number of nitrogens with one attached hydrogen (secondary N) is 1. The highest BCUT2D eigenvalue weighted by Gasteiger charge is 2.28. The molecule has 1 fully saturated rings. The van der Waals surface area contributed by atoms with E-state index in [1.807, 2.05) is 0 Å². The van der Waals surface area contributed by atoms with Crippen molar-refractivity contribution in [2.75, 3.05) is 18.4 Å². The quantitative estimate of drug-likeness (QED) is 0.485. The highest BCUT2D eigenvalue weighted by molar-refractivity contribution is 7.89. The van der Waals surface area contributed by atoms with E-state index in [1.54, 1.807) is 24.3 Å². The fourth-order valence-corrected chi connectivity index (χ4v) is 5.12. The van der Waals surface area contributed by atoms with Crippen molar-refractivity contribution in [3.8, 4) is 5.75 Å². The number of aromatic hydroxyl groups is 1. The minimum Gasteiger partial charge on any atom is -0.506 e. The van der Waals surface area contributed by atoms with Crippen LogP contribution in [-0.4, -0.2) is 41.8 Å². The maximum Gasteiger partial charge on any atom is 0.256 e. The summed E-state index contributed by atoms with van der Waals surface area (Å²) >= 11 is 6.03. The predicted octanol–water partition coefficient (Wildman–Crippen LogP) is 3.63. The molecule has 4 rings (SSSR count). The van der Waals surface area contributed by atoms with Gasteiger partial charge >= 0.3 is 0 Å². The lowest BCUT2D eigenvalue weighted by molar-refractivity contribution is 0.102. The van der Waals surface area contributed by atoms with Gasteiger partial charge in [0.2, 0.25) is 10.0 Å². The number of sulfonamides is 1. The third-order valence-corrected chi connectivity index (χ3v) is 6.94. The number of nitrogens with zero attached hydrogens (tertiary/aromatic N) is 2. The average Bonchev–Trinajstić information content (AvgIpc) is 3.24. The first kappa shape index (κ1) is 19.6. The number of halogens is 1. The highest BCUT2D eigenvalue weighted by Crippen LogP contribution is 2.30. The molecule has 0 aliphatic carbocycles. The van der Waals surface area contributed by atoms with Gasteiger partial charge in [-0.25, -0.2) is 13.4 Å². The number of carbonyl (C=O) groups is 1. The molecular formula is C20H18ClN3O4S. The molecule has 0 spiro atoms. The van der Waals surface area contributed by atoms with E-state index in [2.05, 4.69) is 10.3 Å². The molecule has 3 aromatic rings. The molecule has 0 saturated carbocycles. The minimum atomic E-state index is -3.68. The van der Waals surface area contributed by atoms with Gasteiger partial charge in [0.1, 0.15) is 10.9 Å². The Bertz CT molecular complexity index is 1210. The first-order valence-corrected chi connectivity index (χ1v) is 10.9. The van der Waals surface area contributed by atoms with Gasteiger partial charge in [0, 0.05) is 18.5 Å². The van der Waals surface area contributed by atoms with Crippen molar-refractivity contribution in [3.05, 3.63) is 59.2 Å². The van der Waals surface area contributed by atoms with E-state index < -0.39 is 15.9 Å². The van der Waals surface area contributed by atoms with Crippen LogP contribution in [0.15, 0.2) is 53.4 Å². The Labute approximate surface area is 173 Å². The van der Waals surface area contributed by atoms with Gasteiger partial charge in [0.15, 0.2) is 0 Å². The van der Waals surface area contributed by atoms with Gasteiger partial charge in [-0.3, -0.25) is 4.79 Å². The van der Waals surface area contributed by atoms with Crippen molar-refractivity contribution in [2.24, 2.45) is 0 Å². The third-order valence-electron chi connectivity index (χ3n) is 4.85. The minimum absolute atomic E-state index is 0.00675. The highest BCUT2D eigenvalue weighted by atomic mass is 35.5. The molecule has 29 heavy (non-hydrogen) atoms. The van der Waals surface area contributed by atoms with Crippen LogP contribution in [0.4, 0.5) is 5.69 Å². The van der Waals surface area contributed by atoms with E-state index in [0.717, 1.165) is 12.8 Å². The number of pyridine rings is 1. The molecule has 150 valence electrons. The zero-order valence-corrected chi connectivity index (χ0v) is 16.9. The first-order valence-electron chi connectivity index (χ1n) is 9.06. The van der Waals surface area contributed by atoms with Crippen LogP contribution in [0.25, 0.3) is 10.9 Å². The van der Waals surface area contributed by atoms with Gasteiger partial charge in [-0.2, -0.15) is 4.31 Å². The molecule has 1 saturated heterocycles. The summed E-state index contributed by atoms with van der Waals surface area (Å²) in [4.78, 5) is 17.1. The number of phenolic OH excluding ortho intramolecular Hbond substituents is 1. The lowest BCUT2D eigenvalue weighted by Gasteiger charge is -2.17. The van der Waals surface area contributed by atoms with Crippen LogP contribution in [0.3, 0.4) is 0 Å². The topological polar surface area (TPSA) is 99.6 Å². The number of phenols is 1. The second-order valence-corrected chi connectivity index (χ2v) is 9.08. The van der Waals surface area contributed by atoms with E-state index in [-0.39, 0.29) is 27.0 Å². The number of aromatic nitrogens is 1. The standard InChI is InChI=1S/C20H18ClN3O4S/c21-19-12-15(14-5-1-2-6-16(14)22-19)20(26)23-17-11-13(7-8-18(17)25)29(27,28)24-9-3-4-10-24/h1-2,5-8,11-12,25H,3-4,9-10H2,(H,23,26). The third kappa shape index (κ3) is 3.78. The molecule has 0 atom stereocenters. The maximum atomic E-state index is 12.9. The molecular weight excluding hydrogens is 414 g/mol. The van der Waals surface area contributed by atoms with Gasteiger partial charge in [0.25, 0.3) is 5.91 Å². The predicted molar refractivity (Wildman–Crippen MR) is 111 cm³/mol. The number of hydrogen-bond acceptors (Lipinski definition) is 5. The summed E-state index contributed by atoms with van der Waals surface area (Å²) in [6.45, 7) is 0.929. The zero-order chi connectivity index (χ0) is 20.6. The molecule has 9 heteroatoms. The summed E-state index contributed by atoms with van der Waals surface area (Å²) in [5, 5.41) is 13.5. The molecule has 0 bridgehead atoms. The van der Waals surface area contributed by atoms with Crippen LogP contribution < -0.4 is 5.32 Å². The Morgan fingerprint density at radius 1 is 1.10 bits per heavy atom. The average molecular weight is 432 g/mol. The van der Waals surface area contributed by atoms with Crippen LogP contribution in [0.1, 0.15) is 23.2 Å². The Morgan fingerprint density at radius 3 is 2.59 bits per heavy atom. The number of fused-ring (bicyclic) bond motifs is 1. The molecule has 0 unspecified atom stereocenters. The van der Waals surface area contributed by atoms with Crippen LogP contribution >= 0.6 is 11.6 Å². The summed E-state index contributed by atoms with van der Waals surface area (Å²) in [6.07, 6.45) is 1.63. The lowest BCUT2D eigenvalue weighted by atomic mass is 10.1. The Kier molecular flexibility index (Phi) is 5.16. The SMILES string of the molecule is O=C(Nc1cc(S(=O)(=O)N2CCCC2)ccc1O)c1cc(Cl)nc2ccccc12. The zero-order valence-electron chi connectivity index (χ0n) is 15.3. The van der Waals surface area contributed by atoms with E-state index in [0.29, 0.717) is 24.0 Å². The number of amides is 1. The van der Waals surface area contributed by atoms with Gasteiger partial charge < -0.3 is 10.4 Å². The molecule has 2 heterocycles. The number of carbonyl (C=O) groups excluding carboxylic acids is 1. The van der Waals surface area contributed by atoms with Crippen LogP contribution in [0, 0.1) is 0 Å². The number of rotatable bonds is 4. The summed E-state index contributed by atoms with van der Waals surface area (Å²) in [7, 11) is -3.68. The summed E-state index contributed by atoms with van der Waals surface area (Å²) < 4.78 is 27.0. The van der Waals surface area contributed by atoms with Gasteiger partial charge in [-0.05, 0) is 43.2 Å². The number of benzene rings is 2. The Morgan fingerprint density at radius 2 is 1.83 bits per heavy atom. The maximum absolute atomic E-state index is 12.9. The normalized spacial score (nSPS) is 14.9. The molecule has 1 amide bonds. The molecule has 1 aliphatic heterocycles. The molecule has 7 nitrogen and oxygen atoms in total. The summed E-state index contributed by atoms with van der Waals surface area (Å²) in [5.41, 5.74) is 0.833. The van der Waals surface area contributed by atoms with Crippen LogP contribution in [0.5, 0.6) is 5.75 Å². The van der Waals surface area contributed by atoms with Crippen molar-refractivity contribution in [2.45, 2.75) is 17.7 Å². The fraction of sp³-hybridized carbons (Fsp3) is 0.200. The van der Waals surface area contributed by atoms with Crippen molar-refractivity contribution >= 4 is 44.1 Å². The second kappa shape index (κ2) is 7.62. The summed E-state index contributed by atoms with van der Waals surface area (Å²) in [5.74, 6) is -0.764. The van der Waals surface area contributed by atoms with Gasteiger partial charge in [-0.15, -0.1) is 0 Å². The van der Waals surface area contributed by atoms with E-state index in [4.69, 9.17) is 11.6 Å². The Hall–Kier alpha value is -2.68. The summed E-state index contributed by atoms with van der Waals surface area (Å²) in [6, 6.07) is 12.3. The van der Waals surface area contributed by atoms with E-state index in [9.17, 15) is 18.3 Å². The molecule has 2 N–H and O–H groups in total. The monoisotopic (exact) mass is 431 g/mol. The van der Waals surface area contributed by atoms with E-state index >= 15 is 0 Å². The lowest BCUT2D eigenvalue weighted by Crippen LogP contribution is -2.28. The smallest absolute Gasteiger partial charge is 0.256 e. The second-order valence-electron chi connectivity index (χ2n) is 6.75. The number of anilines is 1. The van der Waals surface area contributed by atoms with Crippen molar-refractivity contribution in [1.29, 1.82) is 0 Å². The van der Waals surface area contributed by atoms with Crippen molar-refractivity contribution in [1.82, 2.24) is 9.29 Å². The van der Waals surface area contributed by atoms with Crippen LogP contribution in [-0.2, 0) is 10.0 Å². The molecule has 2 aromatic carbocycles. The van der Waals surface area contributed by atoms with Gasteiger partial charge in [0.05, 0.1) is 21.7 Å². The molecule has 1 aliphatic rings. The first-order chi connectivity index (χ1) is 13.9. The fourth-order valence-electron chi connectivity index (χ4n) is 3.37. The van der Waals surface area contributed by atoms with Gasteiger partial charge in [-0.1, -0.05) is 29.8 Å². The van der Waals surface area contributed by atoms with E-state index in [1.165, 1.54) is 28.6 Å². The molecule has 1 aromatic heterocycles. The van der Waals surface area contributed by atoms with Crippen molar-refractivity contribution in [3.63, 3.8) is 0 Å². The number of hydrogen-bond donors (Lipinski definition) is 2. The largest absolute Gasteiger partial charge is 0.506 e. The number of para-hydroxylation sites is 1.